The molecule has 3 rings (SSSR count). The zero-order valence-electron chi connectivity index (χ0n) is 12.9. The van der Waals surface area contributed by atoms with Gasteiger partial charge in [0.2, 0.25) is 5.78 Å². The Bertz CT molecular complexity index is 750. The van der Waals surface area contributed by atoms with Gasteiger partial charge in [-0.05, 0) is 37.1 Å². The van der Waals surface area contributed by atoms with Crippen molar-refractivity contribution < 1.29 is 14.3 Å². The second-order valence-electron chi connectivity index (χ2n) is 5.68. The van der Waals surface area contributed by atoms with Crippen molar-refractivity contribution in [3.8, 4) is 0 Å². The van der Waals surface area contributed by atoms with Gasteiger partial charge in [-0.3, -0.25) is 9.59 Å². The number of hydrogen-bond acceptors (Lipinski definition) is 3. The molecule has 4 nitrogen and oxygen atoms in total. The normalized spacial score (nSPS) is 17.2. The van der Waals surface area contributed by atoms with E-state index in [4.69, 9.17) is 16.3 Å². The third-order valence-electron chi connectivity index (χ3n) is 4.33. The van der Waals surface area contributed by atoms with Gasteiger partial charge in [0, 0.05) is 17.8 Å². The first kappa shape index (κ1) is 15.8. The number of esters is 1. The predicted molar refractivity (Wildman–Crippen MR) is 87.9 cm³/mol. The van der Waals surface area contributed by atoms with Gasteiger partial charge < -0.3 is 9.30 Å². The Morgan fingerprint density at radius 2 is 1.96 bits per heavy atom. The molecule has 23 heavy (non-hydrogen) atoms. The molecule has 0 radical (unpaired) electrons. The number of nitrogens with zero attached hydrogens (tertiary/aromatic N) is 1. The van der Waals surface area contributed by atoms with Gasteiger partial charge in [0.25, 0.3) is 0 Å². The molecular weight excluding hydrogens is 314 g/mol. The fraction of sp³-hybridized carbons (Fsp3) is 0.333. The van der Waals surface area contributed by atoms with E-state index in [2.05, 4.69) is 0 Å². The van der Waals surface area contributed by atoms with Crippen molar-refractivity contribution in [1.29, 1.82) is 0 Å². The molecule has 1 aliphatic rings. The Morgan fingerprint density at radius 1 is 1.17 bits per heavy atom. The summed E-state index contributed by atoms with van der Waals surface area (Å²) in [7, 11) is 1.40. The van der Waals surface area contributed by atoms with Gasteiger partial charge in [0.1, 0.15) is 0 Å². The van der Waals surface area contributed by atoms with Gasteiger partial charge in [-0.15, -0.1) is 0 Å². The number of aromatic nitrogens is 1. The van der Waals surface area contributed by atoms with Crippen LogP contribution in [0.4, 0.5) is 0 Å². The molecule has 0 N–H and O–H groups in total. The highest BCUT2D eigenvalue weighted by Crippen LogP contribution is 2.31. The Labute approximate surface area is 140 Å². The summed E-state index contributed by atoms with van der Waals surface area (Å²) in [6.45, 7) is 0.724. The molecule has 0 fully saturated rings. The Kier molecular flexibility index (Phi) is 4.53. The van der Waals surface area contributed by atoms with Crippen molar-refractivity contribution in [3.05, 3.63) is 58.4 Å². The van der Waals surface area contributed by atoms with Crippen LogP contribution in [0.25, 0.3) is 0 Å². The number of carbonyl (C=O) groups is 2. The number of benzene rings is 1. The summed E-state index contributed by atoms with van der Waals surface area (Å²) in [5.74, 6) is -0.675. The van der Waals surface area contributed by atoms with Crippen LogP contribution in [0.15, 0.2) is 36.4 Å². The smallest absolute Gasteiger partial charge is 0.314 e. The Balaban J connectivity index is 2.03. The van der Waals surface area contributed by atoms with Crippen molar-refractivity contribution in [3.63, 3.8) is 0 Å². The Hall–Kier alpha value is -2.07. The molecule has 0 aliphatic carbocycles. The first-order valence-corrected chi connectivity index (χ1v) is 8.07. The number of ketones is 1. The lowest BCUT2D eigenvalue weighted by atomic mass is 10.00. The van der Waals surface area contributed by atoms with E-state index in [1.807, 2.05) is 10.6 Å². The van der Waals surface area contributed by atoms with Crippen molar-refractivity contribution in [2.24, 2.45) is 0 Å². The number of hydrogen-bond donors (Lipinski definition) is 0. The van der Waals surface area contributed by atoms with E-state index in [1.54, 1.807) is 30.3 Å². The molecule has 0 bridgehead atoms. The largest absolute Gasteiger partial charge is 0.469 e. The van der Waals surface area contributed by atoms with Crippen LogP contribution in [0.3, 0.4) is 0 Å². The number of carbonyl (C=O) groups excluding carboxylic acids is 2. The number of halogens is 1. The first-order chi connectivity index (χ1) is 11.1. The first-order valence-electron chi connectivity index (χ1n) is 7.70. The van der Waals surface area contributed by atoms with E-state index in [0.29, 0.717) is 16.3 Å². The van der Waals surface area contributed by atoms with Crippen molar-refractivity contribution >= 4 is 23.4 Å². The van der Waals surface area contributed by atoms with Crippen LogP contribution in [0.5, 0.6) is 0 Å². The summed E-state index contributed by atoms with van der Waals surface area (Å²) in [4.78, 5) is 24.9. The summed E-state index contributed by atoms with van der Waals surface area (Å²) in [6, 6.07) is 10.7. The standard InChI is InChI=1S/C18H18ClNO3/c1-23-18(22)13-7-4-5-11-20-15(13)9-10-16(20)17(21)12-6-2-3-8-14(12)19/h2-3,6,8-10,13H,4-5,7,11H2,1H3. The predicted octanol–water partition coefficient (Wildman–Crippen LogP) is 3.81. The molecule has 1 unspecified atom stereocenters. The molecule has 1 aromatic heterocycles. The molecule has 2 aromatic rings. The van der Waals surface area contributed by atoms with Crippen molar-refractivity contribution in [2.45, 2.75) is 31.7 Å². The summed E-state index contributed by atoms with van der Waals surface area (Å²) >= 11 is 6.15. The number of methoxy groups -OCH3 is 1. The van der Waals surface area contributed by atoms with E-state index in [1.165, 1.54) is 7.11 Å². The average Bonchev–Trinajstić information content (AvgIpc) is 2.86. The van der Waals surface area contributed by atoms with Gasteiger partial charge >= 0.3 is 5.97 Å². The van der Waals surface area contributed by atoms with Crippen LogP contribution >= 0.6 is 11.6 Å². The van der Waals surface area contributed by atoms with Gasteiger partial charge in [-0.1, -0.05) is 30.2 Å². The molecule has 1 aromatic carbocycles. The van der Waals surface area contributed by atoms with E-state index in [-0.39, 0.29) is 17.7 Å². The second-order valence-corrected chi connectivity index (χ2v) is 6.08. The maximum Gasteiger partial charge on any atom is 0.314 e. The van der Waals surface area contributed by atoms with Crippen LogP contribution < -0.4 is 0 Å². The zero-order valence-corrected chi connectivity index (χ0v) is 13.7. The molecule has 2 heterocycles. The number of fused-ring (bicyclic) bond motifs is 1. The minimum absolute atomic E-state index is 0.118. The lowest BCUT2D eigenvalue weighted by Gasteiger charge is -2.15. The lowest BCUT2D eigenvalue weighted by molar-refractivity contribution is -0.142. The second kappa shape index (κ2) is 6.59. The van der Waals surface area contributed by atoms with Gasteiger partial charge in [-0.25, -0.2) is 0 Å². The summed E-state index contributed by atoms with van der Waals surface area (Å²) in [5.41, 5.74) is 1.91. The zero-order chi connectivity index (χ0) is 16.4. The van der Waals surface area contributed by atoms with Gasteiger partial charge in [0.15, 0.2) is 0 Å². The molecule has 5 heteroatoms. The fourth-order valence-electron chi connectivity index (χ4n) is 3.17. The molecule has 0 saturated heterocycles. The van der Waals surface area contributed by atoms with E-state index in [0.717, 1.165) is 31.5 Å². The fourth-order valence-corrected chi connectivity index (χ4v) is 3.39. The topological polar surface area (TPSA) is 48.3 Å². The minimum Gasteiger partial charge on any atom is -0.469 e. The van der Waals surface area contributed by atoms with Crippen LogP contribution in [0, 0.1) is 0 Å². The van der Waals surface area contributed by atoms with Crippen molar-refractivity contribution in [2.75, 3.05) is 7.11 Å². The highest BCUT2D eigenvalue weighted by Gasteiger charge is 2.29. The van der Waals surface area contributed by atoms with Crippen LogP contribution in [0.1, 0.15) is 46.9 Å². The molecule has 120 valence electrons. The molecule has 1 atom stereocenters. The summed E-state index contributed by atoms with van der Waals surface area (Å²) < 4.78 is 6.86. The minimum atomic E-state index is -0.310. The van der Waals surface area contributed by atoms with Crippen LogP contribution in [0.2, 0.25) is 5.02 Å². The van der Waals surface area contributed by atoms with E-state index < -0.39 is 0 Å². The van der Waals surface area contributed by atoms with Gasteiger partial charge in [0.05, 0.1) is 23.7 Å². The Morgan fingerprint density at radius 3 is 2.70 bits per heavy atom. The molecule has 0 saturated carbocycles. The molecule has 0 spiro atoms. The molecular formula is C18H18ClNO3. The number of rotatable bonds is 3. The quantitative estimate of drug-likeness (QED) is 0.634. The monoisotopic (exact) mass is 331 g/mol. The average molecular weight is 332 g/mol. The van der Waals surface area contributed by atoms with E-state index >= 15 is 0 Å². The SMILES string of the molecule is COC(=O)C1CCCCn2c(C(=O)c3ccccc3Cl)ccc21. The van der Waals surface area contributed by atoms with Gasteiger partial charge in [-0.2, -0.15) is 0 Å². The highest BCUT2D eigenvalue weighted by molar-refractivity contribution is 6.34. The number of ether oxygens (including phenoxy) is 1. The maximum absolute atomic E-state index is 12.8. The summed E-state index contributed by atoms with van der Waals surface area (Å²) in [6.07, 6.45) is 2.61. The maximum atomic E-state index is 12.8. The lowest BCUT2D eigenvalue weighted by Crippen LogP contribution is -2.18. The van der Waals surface area contributed by atoms with Crippen molar-refractivity contribution in [1.82, 2.24) is 4.57 Å². The summed E-state index contributed by atoms with van der Waals surface area (Å²) in [5, 5.41) is 0.436. The third-order valence-corrected chi connectivity index (χ3v) is 4.66. The van der Waals surface area contributed by atoms with E-state index in [9.17, 15) is 9.59 Å². The molecule has 1 aliphatic heterocycles. The van der Waals surface area contributed by atoms with Crippen LogP contribution in [-0.2, 0) is 16.1 Å². The van der Waals surface area contributed by atoms with Crippen LogP contribution in [-0.4, -0.2) is 23.4 Å². The highest BCUT2D eigenvalue weighted by atomic mass is 35.5. The molecule has 0 amide bonds. The third kappa shape index (κ3) is 2.91.